The molecule has 1 aromatic heterocycles. The van der Waals surface area contributed by atoms with Crippen LogP contribution in [0.3, 0.4) is 0 Å². The molecule has 9 nitrogen and oxygen atoms in total. The zero-order valence-electron chi connectivity index (χ0n) is 22.2. The summed E-state index contributed by atoms with van der Waals surface area (Å²) in [6.45, 7) is 0.0381. The lowest BCUT2D eigenvalue weighted by molar-refractivity contribution is -0.126. The normalized spacial score (nSPS) is 16.0. The number of carbonyl (C=O) groups is 3. The van der Waals surface area contributed by atoms with E-state index in [1.807, 2.05) is 5.38 Å². The summed E-state index contributed by atoms with van der Waals surface area (Å²) < 4.78 is 37.1. The van der Waals surface area contributed by atoms with Crippen LogP contribution in [-0.2, 0) is 25.2 Å². The molecule has 1 fully saturated rings. The molecule has 1 aliphatic carbocycles. The smallest absolute Gasteiger partial charge is 0.248 e. The molecule has 2 atom stereocenters. The molecular formula is C29H30FN3O6S2. The van der Waals surface area contributed by atoms with Gasteiger partial charge in [0.15, 0.2) is 11.5 Å². The summed E-state index contributed by atoms with van der Waals surface area (Å²) in [5.74, 6) is -1.95. The van der Waals surface area contributed by atoms with Crippen molar-refractivity contribution in [1.82, 2.24) is 5.32 Å². The number of halogens is 1. The van der Waals surface area contributed by atoms with Crippen molar-refractivity contribution in [3.8, 4) is 11.5 Å². The molecule has 1 aliphatic heterocycles. The molecule has 2 aromatic carbocycles. The first-order valence-corrected chi connectivity index (χ1v) is 15.7. The van der Waals surface area contributed by atoms with E-state index in [-0.39, 0.29) is 18.7 Å². The maximum Gasteiger partial charge on any atom is 0.248 e. The molecule has 1 saturated carbocycles. The van der Waals surface area contributed by atoms with Gasteiger partial charge in [0, 0.05) is 39.2 Å². The first-order chi connectivity index (χ1) is 19.9. The Morgan fingerprint density at radius 2 is 1.76 bits per heavy atom. The van der Waals surface area contributed by atoms with Gasteiger partial charge in [0.1, 0.15) is 23.4 Å². The van der Waals surface area contributed by atoms with Gasteiger partial charge in [-0.3, -0.25) is 23.5 Å². The molecule has 216 valence electrons. The number of nitrogens with one attached hydrogen (secondary N) is 2. The van der Waals surface area contributed by atoms with E-state index in [1.54, 1.807) is 30.3 Å². The van der Waals surface area contributed by atoms with Crippen molar-refractivity contribution in [3.63, 3.8) is 0 Å². The highest BCUT2D eigenvalue weighted by Gasteiger charge is 2.36. The minimum absolute atomic E-state index is 0.0108. The molecule has 0 unspecified atom stereocenters. The number of rotatable bonds is 10. The van der Waals surface area contributed by atoms with Crippen molar-refractivity contribution >= 4 is 51.2 Å². The number of hydrogen-bond acceptors (Lipinski definition) is 7. The highest BCUT2D eigenvalue weighted by molar-refractivity contribution is 7.86. The predicted octanol–water partition coefficient (Wildman–Crippen LogP) is 4.53. The van der Waals surface area contributed by atoms with Gasteiger partial charge < -0.3 is 20.1 Å². The summed E-state index contributed by atoms with van der Waals surface area (Å²) in [6.07, 6.45) is 4.92. The zero-order chi connectivity index (χ0) is 28.8. The number of nitrogens with zero attached hydrogens (tertiary/aromatic N) is 1. The molecule has 5 rings (SSSR count). The number of anilines is 2. The van der Waals surface area contributed by atoms with Crippen molar-refractivity contribution in [2.24, 2.45) is 0 Å². The zero-order valence-corrected chi connectivity index (χ0v) is 23.8. The number of thiophene rings is 1. The van der Waals surface area contributed by atoms with E-state index in [4.69, 9.17) is 9.47 Å². The van der Waals surface area contributed by atoms with Gasteiger partial charge in [-0.2, -0.15) is 0 Å². The molecule has 2 aliphatic rings. The van der Waals surface area contributed by atoms with Gasteiger partial charge in [0.05, 0.1) is 0 Å². The van der Waals surface area contributed by atoms with E-state index in [1.165, 1.54) is 40.5 Å². The van der Waals surface area contributed by atoms with Crippen LogP contribution >= 0.6 is 11.3 Å². The van der Waals surface area contributed by atoms with Gasteiger partial charge in [-0.05, 0) is 60.7 Å². The van der Waals surface area contributed by atoms with Crippen molar-refractivity contribution in [2.75, 3.05) is 28.5 Å². The number of fused-ring (bicyclic) bond motifs is 1. The van der Waals surface area contributed by atoms with E-state index in [2.05, 4.69) is 10.6 Å². The number of carbonyl (C=O) groups excluding carboxylic acids is 3. The van der Waals surface area contributed by atoms with Gasteiger partial charge >= 0.3 is 0 Å². The van der Waals surface area contributed by atoms with Crippen molar-refractivity contribution < 1.29 is 32.5 Å². The maximum absolute atomic E-state index is 13.9. The van der Waals surface area contributed by atoms with Gasteiger partial charge in [0.25, 0.3) is 0 Å². The summed E-state index contributed by atoms with van der Waals surface area (Å²) in [5.41, 5.74) is 0.725. The number of amides is 3. The Morgan fingerprint density at radius 1 is 1.00 bits per heavy atom. The molecule has 0 bridgehead atoms. The predicted molar refractivity (Wildman–Crippen MR) is 155 cm³/mol. The van der Waals surface area contributed by atoms with Gasteiger partial charge in [0.2, 0.25) is 24.5 Å². The van der Waals surface area contributed by atoms with Gasteiger partial charge in [-0.1, -0.05) is 25.3 Å². The Bertz CT molecular complexity index is 1410. The third-order valence-corrected chi connectivity index (χ3v) is 8.96. The van der Waals surface area contributed by atoms with E-state index in [0.717, 1.165) is 32.1 Å². The lowest BCUT2D eigenvalue weighted by Crippen LogP contribution is -2.48. The molecule has 2 N–H and O–H groups in total. The van der Waals surface area contributed by atoms with Crippen molar-refractivity contribution in [1.29, 1.82) is 0 Å². The molecule has 0 spiro atoms. The summed E-state index contributed by atoms with van der Waals surface area (Å²) in [6, 6.07) is 12.7. The lowest BCUT2D eigenvalue weighted by atomic mass is 9.95. The molecule has 0 saturated heterocycles. The third kappa shape index (κ3) is 7.31. The molecule has 12 heteroatoms. The topological polar surface area (TPSA) is 114 Å². The van der Waals surface area contributed by atoms with Crippen LogP contribution in [-0.4, -0.2) is 46.3 Å². The van der Waals surface area contributed by atoms with Crippen LogP contribution in [0.2, 0.25) is 0 Å². The highest BCUT2D eigenvalue weighted by Crippen LogP contribution is 2.39. The molecule has 0 radical (unpaired) electrons. The first kappa shape index (κ1) is 28.7. The van der Waals surface area contributed by atoms with Crippen LogP contribution in [0.15, 0.2) is 60.0 Å². The van der Waals surface area contributed by atoms with Crippen LogP contribution < -0.4 is 25.0 Å². The maximum atomic E-state index is 13.9. The average Bonchev–Trinajstić information content (AvgIpc) is 3.65. The fourth-order valence-corrected chi connectivity index (χ4v) is 6.65. The summed E-state index contributed by atoms with van der Waals surface area (Å²) in [7, 11) is -1.90. The Morgan fingerprint density at radius 3 is 2.49 bits per heavy atom. The molecule has 3 aromatic rings. The van der Waals surface area contributed by atoms with E-state index in [9.17, 15) is 23.0 Å². The van der Waals surface area contributed by atoms with Crippen molar-refractivity contribution in [3.05, 3.63) is 70.7 Å². The second kappa shape index (κ2) is 13.3. The quantitative estimate of drug-likeness (QED) is 0.354. The van der Waals surface area contributed by atoms with Gasteiger partial charge in [-0.25, -0.2) is 4.39 Å². The first-order valence-electron chi connectivity index (χ1n) is 13.3. The summed E-state index contributed by atoms with van der Waals surface area (Å²) in [4.78, 5) is 42.2. The van der Waals surface area contributed by atoms with E-state index >= 15 is 0 Å². The van der Waals surface area contributed by atoms with Crippen LogP contribution in [0.4, 0.5) is 15.8 Å². The minimum Gasteiger partial charge on any atom is -0.454 e. The molecular weight excluding hydrogens is 569 g/mol. The molecule has 2 heterocycles. The SMILES string of the molecule is O=C(C[S@@](=O)CC(=O)N(c1ccc2c(c1)OCO2)[C@H](C(=O)NC1CCCCC1)c1cccs1)Nc1ccc(F)cc1. The minimum atomic E-state index is -1.90. The standard InChI is InChI=1S/C29H30FN3O6S2/c30-19-8-10-21(11-9-19)31-26(34)16-41(37)17-27(35)33(22-12-13-23-24(15-22)39-18-38-23)28(25-7-4-14-40-25)29(36)32-20-5-2-1-3-6-20/h4,7-15,20,28H,1-3,5-6,16-18H2,(H,31,34)(H,32,36)/t28-,41+/m0/s1. The molecule has 41 heavy (non-hydrogen) atoms. The Hall–Kier alpha value is -3.77. The van der Waals surface area contributed by atoms with E-state index < -0.39 is 46.0 Å². The van der Waals surface area contributed by atoms with Crippen LogP contribution in [0.1, 0.15) is 43.0 Å². The second-order valence-corrected chi connectivity index (χ2v) is 12.3. The number of benzene rings is 2. The number of hydrogen-bond donors (Lipinski definition) is 2. The van der Waals surface area contributed by atoms with Crippen LogP contribution in [0.25, 0.3) is 0 Å². The number of ether oxygens (including phenoxy) is 2. The average molecular weight is 600 g/mol. The van der Waals surface area contributed by atoms with Crippen LogP contribution in [0, 0.1) is 5.82 Å². The highest BCUT2D eigenvalue weighted by atomic mass is 32.2. The summed E-state index contributed by atoms with van der Waals surface area (Å²) >= 11 is 1.34. The van der Waals surface area contributed by atoms with Crippen LogP contribution in [0.5, 0.6) is 11.5 Å². The summed E-state index contributed by atoms with van der Waals surface area (Å²) in [5, 5.41) is 7.52. The Balaban J connectivity index is 1.39. The third-order valence-electron chi connectivity index (χ3n) is 6.88. The van der Waals surface area contributed by atoms with Crippen molar-refractivity contribution in [2.45, 2.75) is 44.2 Å². The Kier molecular flexibility index (Phi) is 9.30. The second-order valence-electron chi connectivity index (χ2n) is 9.85. The fourth-order valence-electron chi connectivity index (χ4n) is 4.95. The van der Waals surface area contributed by atoms with Gasteiger partial charge in [-0.15, -0.1) is 11.3 Å². The monoisotopic (exact) mass is 599 g/mol. The van der Waals surface area contributed by atoms with E-state index in [0.29, 0.717) is 27.8 Å². The largest absolute Gasteiger partial charge is 0.454 e. The lowest BCUT2D eigenvalue weighted by Gasteiger charge is -2.32. The fraction of sp³-hybridized carbons (Fsp3) is 0.345. The molecule has 3 amide bonds. The Labute approximate surface area is 243 Å².